The first-order valence-electron chi connectivity index (χ1n) is 12.1. The molecule has 0 atom stereocenters. The fraction of sp³-hybridized carbons (Fsp3) is 0.0741. The first kappa shape index (κ1) is 31.1. The normalized spacial score (nSPS) is 11.5. The largest absolute Gasteiger partial charge is 0.494 e. The number of carbonyl (C=O) groups is 1. The maximum absolute atomic E-state index is 12.8. The van der Waals surface area contributed by atoms with Crippen LogP contribution in [-0.2, 0) is 14.5 Å². The molecule has 43 heavy (non-hydrogen) atoms. The number of carbonyl (C=O) groups excluding carboxylic acids is 1. The third-order valence-corrected chi connectivity index (χ3v) is 6.87. The Bertz CT molecular complexity index is 1780. The predicted octanol–water partition coefficient (Wildman–Crippen LogP) is 7.92. The number of amides is 2. The molecule has 14 nitrogen and oxygen atoms in total. The molecule has 0 radical (unpaired) electrons. The number of benzene rings is 4. The molecule has 0 spiro atoms. The molecule has 0 bridgehead atoms. The van der Waals surface area contributed by atoms with Crippen molar-refractivity contribution >= 4 is 62.3 Å². The zero-order valence-corrected chi connectivity index (χ0v) is 24.2. The summed E-state index contributed by atoms with van der Waals surface area (Å²) in [5.74, 6) is 0.624. The first-order valence-corrected chi connectivity index (χ1v) is 14.3. The average molecular weight is 625 g/mol. The molecule has 0 aliphatic heterocycles. The van der Waals surface area contributed by atoms with Gasteiger partial charge in [-0.25, -0.2) is 10.1 Å². The number of hydrogen-bond donors (Lipinski definition) is 4. The summed E-state index contributed by atoms with van der Waals surface area (Å²) in [5.41, 5.74) is 2.28. The number of urea groups is 1. The highest BCUT2D eigenvalue weighted by molar-refractivity contribution is 7.94. The molecular weight excluding hydrogens is 600 g/mol. The summed E-state index contributed by atoms with van der Waals surface area (Å²) in [7, 11) is -1.51. The van der Waals surface area contributed by atoms with E-state index < -0.39 is 16.1 Å². The van der Waals surface area contributed by atoms with Gasteiger partial charge in [-0.1, -0.05) is 12.1 Å². The van der Waals surface area contributed by atoms with Crippen molar-refractivity contribution in [1.82, 2.24) is 0 Å². The molecule has 0 aliphatic rings. The molecule has 0 heterocycles. The standard InChI is InChI=1S/C27H24N6O8S2/c1-39-25-15-19(32-30-17-5-3-7-21(13-17)42-41-35)9-11-23(25)28-27(34)29-24-12-10-20(16-26(24)40-2)33-31-18-6-4-8-22(14-18)43(36,37)38/h3-16,35H,1-2H3,(H2,28,29,34)(H,36,37,38)/b32-30+,33-31+. The van der Waals surface area contributed by atoms with E-state index in [1.807, 2.05) is 0 Å². The van der Waals surface area contributed by atoms with Crippen LogP contribution >= 0.6 is 12.0 Å². The minimum absolute atomic E-state index is 0.207. The first-order chi connectivity index (χ1) is 20.7. The van der Waals surface area contributed by atoms with E-state index in [0.717, 1.165) is 12.0 Å². The lowest BCUT2D eigenvalue weighted by Crippen LogP contribution is -2.20. The second kappa shape index (κ2) is 14.3. The fourth-order valence-corrected chi connectivity index (χ4v) is 4.45. The van der Waals surface area contributed by atoms with Gasteiger partial charge in [-0.3, -0.25) is 4.55 Å². The molecule has 4 aromatic rings. The molecule has 2 amide bonds. The Morgan fingerprint density at radius 1 is 0.721 bits per heavy atom. The van der Waals surface area contributed by atoms with Crippen molar-refractivity contribution in [3.8, 4) is 11.5 Å². The highest BCUT2D eigenvalue weighted by Gasteiger charge is 2.13. The Morgan fingerprint density at radius 2 is 1.21 bits per heavy atom. The molecule has 4 rings (SSSR count). The molecule has 4 N–H and O–H groups in total. The average Bonchev–Trinajstić information content (AvgIpc) is 3.00. The van der Waals surface area contributed by atoms with Gasteiger partial charge in [0.05, 0.1) is 65.3 Å². The summed E-state index contributed by atoms with van der Waals surface area (Å²) in [6.07, 6.45) is 0. The van der Waals surface area contributed by atoms with E-state index >= 15 is 0 Å². The van der Waals surface area contributed by atoms with Gasteiger partial charge < -0.3 is 20.1 Å². The van der Waals surface area contributed by atoms with Crippen molar-refractivity contribution in [2.75, 3.05) is 24.9 Å². The van der Waals surface area contributed by atoms with E-state index in [4.69, 9.17) is 14.7 Å². The van der Waals surface area contributed by atoms with Gasteiger partial charge in [0, 0.05) is 17.0 Å². The minimum Gasteiger partial charge on any atom is -0.494 e. The molecule has 0 aliphatic carbocycles. The van der Waals surface area contributed by atoms with Crippen molar-refractivity contribution in [1.29, 1.82) is 0 Å². The lowest BCUT2D eigenvalue weighted by atomic mass is 10.2. The van der Waals surface area contributed by atoms with Gasteiger partial charge in [-0.05, 0) is 60.7 Å². The van der Waals surface area contributed by atoms with Gasteiger partial charge >= 0.3 is 6.03 Å². The highest BCUT2D eigenvalue weighted by Crippen LogP contribution is 2.33. The van der Waals surface area contributed by atoms with Crippen LogP contribution in [0.5, 0.6) is 11.5 Å². The second-order valence-corrected chi connectivity index (χ2v) is 10.6. The Balaban J connectivity index is 1.43. The van der Waals surface area contributed by atoms with Crippen LogP contribution in [-0.4, -0.2) is 38.5 Å². The molecule has 222 valence electrons. The molecule has 0 fully saturated rings. The molecule has 0 saturated heterocycles. The summed E-state index contributed by atoms with van der Waals surface area (Å²) in [4.78, 5) is 13.1. The summed E-state index contributed by atoms with van der Waals surface area (Å²) >= 11 is 0.778. The van der Waals surface area contributed by atoms with E-state index in [-0.39, 0.29) is 16.3 Å². The van der Waals surface area contributed by atoms with Gasteiger partial charge in [0.25, 0.3) is 10.1 Å². The third kappa shape index (κ3) is 8.81. The van der Waals surface area contributed by atoms with E-state index in [9.17, 15) is 17.8 Å². The van der Waals surface area contributed by atoms with E-state index in [1.54, 1.807) is 54.6 Å². The van der Waals surface area contributed by atoms with E-state index in [1.165, 1.54) is 44.6 Å². The smallest absolute Gasteiger partial charge is 0.323 e. The molecule has 16 heteroatoms. The lowest BCUT2D eigenvalue weighted by Gasteiger charge is -2.13. The molecule has 0 saturated carbocycles. The fourth-order valence-electron chi connectivity index (χ4n) is 3.54. The Labute approximate surface area is 250 Å². The van der Waals surface area contributed by atoms with Crippen molar-refractivity contribution in [3.63, 3.8) is 0 Å². The summed E-state index contributed by atoms with van der Waals surface area (Å²) in [6, 6.07) is 21.2. The minimum atomic E-state index is -4.38. The van der Waals surface area contributed by atoms with E-state index in [0.29, 0.717) is 39.1 Å². The number of nitrogens with one attached hydrogen (secondary N) is 2. The van der Waals surface area contributed by atoms with Gasteiger partial charge in [0.15, 0.2) is 0 Å². The van der Waals surface area contributed by atoms with E-state index in [2.05, 4.69) is 35.4 Å². The van der Waals surface area contributed by atoms with Crippen LogP contribution in [0.15, 0.2) is 115 Å². The Hall–Kier alpha value is -4.87. The van der Waals surface area contributed by atoms with Crippen molar-refractivity contribution in [3.05, 3.63) is 84.9 Å². The second-order valence-electron chi connectivity index (χ2n) is 8.38. The Morgan fingerprint density at radius 3 is 1.70 bits per heavy atom. The lowest BCUT2D eigenvalue weighted by molar-refractivity contribution is -0.116. The number of ether oxygens (including phenoxy) is 2. The maximum Gasteiger partial charge on any atom is 0.323 e. The van der Waals surface area contributed by atoms with Gasteiger partial charge in [-0.2, -0.15) is 33.2 Å². The third-order valence-electron chi connectivity index (χ3n) is 5.50. The SMILES string of the molecule is COc1cc(/N=N/c2cccc(SOO)c2)ccc1NC(=O)Nc1ccc(/N=N/c2cccc(S(=O)(=O)O)c2)cc1OC. The van der Waals surface area contributed by atoms with Crippen LogP contribution < -0.4 is 20.1 Å². The summed E-state index contributed by atoms with van der Waals surface area (Å²) in [6.45, 7) is 0. The monoisotopic (exact) mass is 624 g/mol. The van der Waals surface area contributed by atoms with Gasteiger partial charge in [0.2, 0.25) is 0 Å². The quantitative estimate of drug-likeness (QED) is 0.0421. The van der Waals surface area contributed by atoms with Crippen molar-refractivity contribution < 1.29 is 36.8 Å². The van der Waals surface area contributed by atoms with Crippen LogP contribution in [0.2, 0.25) is 0 Å². The molecular formula is C27H24N6O8S2. The van der Waals surface area contributed by atoms with Crippen molar-refractivity contribution in [2.45, 2.75) is 9.79 Å². The number of azo groups is 2. The molecule has 0 aromatic heterocycles. The van der Waals surface area contributed by atoms with Crippen LogP contribution in [0.1, 0.15) is 0 Å². The summed E-state index contributed by atoms with van der Waals surface area (Å²) < 4.78 is 46.7. The molecule has 4 aromatic carbocycles. The maximum atomic E-state index is 12.8. The zero-order chi connectivity index (χ0) is 30.8. The van der Waals surface area contributed by atoms with Gasteiger partial charge in [0.1, 0.15) is 11.5 Å². The number of nitrogens with zero attached hydrogens (tertiary/aromatic N) is 4. The molecule has 0 unspecified atom stereocenters. The van der Waals surface area contributed by atoms with Crippen LogP contribution in [0.25, 0.3) is 0 Å². The number of anilines is 2. The van der Waals surface area contributed by atoms with Crippen molar-refractivity contribution in [2.24, 2.45) is 20.5 Å². The topological polar surface area (TPSA) is 193 Å². The predicted molar refractivity (Wildman–Crippen MR) is 159 cm³/mol. The van der Waals surface area contributed by atoms with Gasteiger partial charge in [-0.15, -0.1) is 0 Å². The zero-order valence-electron chi connectivity index (χ0n) is 22.5. The summed E-state index contributed by atoms with van der Waals surface area (Å²) in [5, 5.41) is 30.4. The number of hydrogen-bond acceptors (Lipinski definition) is 12. The Kier molecular flexibility index (Phi) is 10.4. The number of methoxy groups -OCH3 is 2. The number of rotatable bonds is 11. The van der Waals surface area contributed by atoms with Crippen LogP contribution in [0.4, 0.5) is 38.9 Å². The van der Waals surface area contributed by atoms with Crippen LogP contribution in [0, 0.1) is 0 Å². The highest BCUT2D eigenvalue weighted by atomic mass is 32.2. The van der Waals surface area contributed by atoms with Crippen LogP contribution in [0.3, 0.4) is 0 Å².